The predicted octanol–water partition coefficient (Wildman–Crippen LogP) is 4.79. The van der Waals surface area contributed by atoms with E-state index in [0.29, 0.717) is 5.69 Å². The average Bonchev–Trinajstić information content (AvgIpc) is 2.78. The zero-order valence-corrected chi connectivity index (χ0v) is 19.2. The van der Waals surface area contributed by atoms with E-state index >= 15 is 0 Å². The minimum atomic E-state index is -1.55. The number of carbonyl (C=O) groups excluding carboxylic acids is 1. The number of para-hydroxylation sites is 2. The molecule has 1 aliphatic rings. The van der Waals surface area contributed by atoms with Gasteiger partial charge in [0.1, 0.15) is 29.2 Å². The second-order valence-electron chi connectivity index (χ2n) is 8.70. The van der Waals surface area contributed by atoms with Crippen molar-refractivity contribution in [3.05, 3.63) is 53.6 Å². The molecule has 3 aromatic carbocycles. The summed E-state index contributed by atoms with van der Waals surface area (Å²) >= 11 is 0. The number of benzene rings is 3. The summed E-state index contributed by atoms with van der Waals surface area (Å²) in [7, 11) is 0. The van der Waals surface area contributed by atoms with Gasteiger partial charge in [-0.15, -0.1) is 0 Å². The number of aliphatic hydroxyl groups excluding tert-OH is 1. The average molecular weight is 481 g/mol. The predicted molar refractivity (Wildman–Crippen MR) is 125 cm³/mol. The lowest BCUT2D eigenvalue weighted by Gasteiger charge is -2.34. The molecule has 10 heteroatoms. The molecule has 1 aliphatic heterocycles. The van der Waals surface area contributed by atoms with Crippen LogP contribution < -0.4 is 14.4 Å². The van der Waals surface area contributed by atoms with Crippen molar-refractivity contribution in [3.8, 4) is 17.2 Å². The Labute approximate surface area is 199 Å². The van der Waals surface area contributed by atoms with E-state index in [2.05, 4.69) is 0 Å². The number of carbonyl (C=O) groups is 3. The molecule has 0 atom stereocenters. The van der Waals surface area contributed by atoms with Gasteiger partial charge in [-0.25, -0.2) is 19.3 Å². The van der Waals surface area contributed by atoms with Crippen molar-refractivity contribution in [1.82, 2.24) is 0 Å². The van der Waals surface area contributed by atoms with E-state index in [1.54, 1.807) is 39.0 Å². The minimum absolute atomic E-state index is 0.0145. The molecule has 0 aromatic heterocycles. The first kappa shape index (κ1) is 23.8. The Bertz CT molecular complexity index is 1360. The number of anilines is 2. The lowest BCUT2D eigenvalue weighted by Crippen LogP contribution is -2.35. The van der Waals surface area contributed by atoms with Gasteiger partial charge in [-0.05, 0) is 51.1 Å². The van der Waals surface area contributed by atoms with Crippen LogP contribution in [-0.2, 0) is 4.74 Å². The Balaban J connectivity index is 2.11. The summed E-state index contributed by atoms with van der Waals surface area (Å²) in [6, 6.07) is 10.9. The maximum absolute atomic E-state index is 13.4. The largest absolute Gasteiger partial charge is 0.491 e. The van der Waals surface area contributed by atoms with Gasteiger partial charge < -0.3 is 29.5 Å². The van der Waals surface area contributed by atoms with Crippen LogP contribution in [0.1, 0.15) is 41.5 Å². The van der Waals surface area contributed by atoms with E-state index in [-0.39, 0.29) is 46.9 Å². The number of hydrogen-bond donors (Lipinski definition) is 3. The van der Waals surface area contributed by atoms with E-state index in [0.717, 1.165) is 0 Å². The van der Waals surface area contributed by atoms with E-state index in [1.807, 2.05) is 0 Å². The molecule has 10 nitrogen and oxygen atoms in total. The quantitative estimate of drug-likeness (QED) is 0.469. The van der Waals surface area contributed by atoms with E-state index < -0.39 is 34.8 Å². The maximum atomic E-state index is 13.4. The van der Waals surface area contributed by atoms with E-state index in [9.17, 15) is 24.6 Å². The standard InChI is InChI=1S/C25H23NO9/c1-25(2,3)35-24(32)26-16-6-4-5-7-17(16)34-21-19(23(30)31)18(22(28)29)15-12-13(33-11-10-27)8-9-14(15)20(21)26/h4-9,12,27H,10-11H2,1-3H3,(H,28,29)(H,30,31). The number of fused-ring (bicyclic) bond motifs is 4. The van der Waals surface area contributed by atoms with E-state index in [4.69, 9.17) is 19.3 Å². The first-order valence-corrected chi connectivity index (χ1v) is 10.7. The van der Waals surface area contributed by atoms with Crippen LogP contribution in [0.4, 0.5) is 16.2 Å². The molecular formula is C25H23NO9. The molecule has 0 spiro atoms. The summed E-state index contributed by atoms with van der Waals surface area (Å²) in [4.78, 5) is 39.3. The zero-order valence-electron chi connectivity index (χ0n) is 19.2. The summed E-state index contributed by atoms with van der Waals surface area (Å²) in [5, 5.41) is 29.4. The highest BCUT2D eigenvalue weighted by molar-refractivity contribution is 6.21. The molecule has 0 saturated carbocycles. The van der Waals surface area contributed by atoms with Crippen molar-refractivity contribution in [1.29, 1.82) is 0 Å². The number of rotatable bonds is 5. The minimum Gasteiger partial charge on any atom is -0.491 e. The fourth-order valence-corrected chi connectivity index (χ4v) is 3.88. The molecular weight excluding hydrogens is 458 g/mol. The third-order valence-corrected chi connectivity index (χ3v) is 5.11. The van der Waals surface area contributed by atoms with Crippen molar-refractivity contribution < 1.29 is 43.9 Å². The van der Waals surface area contributed by atoms with Crippen LogP contribution in [0.5, 0.6) is 17.2 Å². The highest BCUT2D eigenvalue weighted by Crippen LogP contribution is 2.53. The van der Waals surface area contributed by atoms with Crippen molar-refractivity contribution in [2.75, 3.05) is 18.1 Å². The first-order chi connectivity index (χ1) is 16.5. The molecule has 182 valence electrons. The molecule has 3 aromatic rings. The van der Waals surface area contributed by atoms with Gasteiger partial charge in [0.15, 0.2) is 11.5 Å². The molecule has 0 fully saturated rings. The molecule has 0 saturated heterocycles. The molecule has 0 radical (unpaired) electrons. The smallest absolute Gasteiger partial charge is 0.419 e. The van der Waals surface area contributed by atoms with Crippen LogP contribution in [0.25, 0.3) is 10.8 Å². The highest BCUT2D eigenvalue weighted by atomic mass is 16.6. The van der Waals surface area contributed by atoms with Crippen LogP contribution in [0.2, 0.25) is 0 Å². The Morgan fingerprint density at radius 3 is 2.29 bits per heavy atom. The normalized spacial score (nSPS) is 12.4. The van der Waals surface area contributed by atoms with Crippen molar-refractivity contribution in [2.45, 2.75) is 26.4 Å². The number of ether oxygens (including phenoxy) is 3. The highest BCUT2D eigenvalue weighted by Gasteiger charge is 2.39. The third-order valence-electron chi connectivity index (χ3n) is 5.11. The number of hydrogen-bond acceptors (Lipinski definition) is 7. The molecule has 35 heavy (non-hydrogen) atoms. The van der Waals surface area contributed by atoms with Crippen LogP contribution in [-0.4, -0.2) is 52.2 Å². The molecule has 0 aliphatic carbocycles. The summed E-state index contributed by atoms with van der Waals surface area (Å²) in [5.41, 5.74) is -1.69. The van der Waals surface area contributed by atoms with Gasteiger partial charge in [0.2, 0.25) is 0 Å². The van der Waals surface area contributed by atoms with Gasteiger partial charge in [0, 0.05) is 10.8 Å². The second kappa shape index (κ2) is 8.80. The van der Waals surface area contributed by atoms with Gasteiger partial charge in [-0.1, -0.05) is 12.1 Å². The van der Waals surface area contributed by atoms with Gasteiger partial charge in [-0.3, -0.25) is 0 Å². The Kier molecular flexibility index (Phi) is 5.99. The van der Waals surface area contributed by atoms with Crippen molar-refractivity contribution >= 4 is 40.2 Å². The number of nitrogens with zero attached hydrogens (tertiary/aromatic N) is 1. The van der Waals surface area contributed by atoms with Gasteiger partial charge in [0.25, 0.3) is 0 Å². The topological polar surface area (TPSA) is 143 Å². The van der Waals surface area contributed by atoms with Crippen LogP contribution in [0.3, 0.4) is 0 Å². The second-order valence-corrected chi connectivity index (χ2v) is 8.70. The monoisotopic (exact) mass is 481 g/mol. The number of amides is 1. The Morgan fingerprint density at radius 2 is 1.66 bits per heavy atom. The van der Waals surface area contributed by atoms with Gasteiger partial charge in [0.05, 0.1) is 17.9 Å². The Morgan fingerprint density at radius 1 is 0.971 bits per heavy atom. The number of aromatic carboxylic acids is 2. The van der Waals surface area contributed by atoms with Crippen molar-refractivity contribution in [3.63, 3.8) is 0 Å². The fraction of sp³-hybridized carbons (Fsp3) is 0.240. The van der Waals surface area contributed by atoms with Crippen molar-refractivity contribution in [2.24, 2.45) is 0 Å². The van der Waals surface area contributed by atoms with E-state index in [1.165, 1.54) is 29.2 Å². The molecule has 0 bridgehead atoms. The Hall–Kier alpha value is -4.31. The molecule has 0 unspecified atom stereocenters. The summed E-state index contributed by atoms with van der Waals surface area (Å²) in [6.07, 6.45) is -0.796. The SMILES string of the molecule is CC(C)(C)OC(=O)N1c2ccccc2Oc2c(C(=O)O)c(C(=O)O)c3cc(OCCO)ccc3c21. The molecule has 4 rings (SSSR count). The zero-order chi connectivity index (χ0) is 25.5. The summed E-state index contributed by atoms with van der Waals surface area (Å²) < 4.78 is 16.9. The first-order valence-electron chi connectivity index (χ1n) is 10.7. The van der Waals surface area contributed by atoms with Crippen LogP contribution >= 0.6 is 0 Å². The van der Waals surface area contributed by atoms with Gasteiger partial charge in [-0.2, -0.15) is 0 Å². The molecule has 1 heterocycles. The lowest BCUT2D eigenvalue weighted by atomic mass is 9.94. The van der Waals surface area contributed by atoms with Crippen LogP contribution in [0, 0.1) is 0 Å². The number of carboxylic acids is 2. The summed E-state index contributed by atoms with van der Waals surface area (Å²) in [5.74, 6) is -2.97. The fourth-order valence-electron chi connectivity index (χ4n) is 3.88. The lowest BCUT2D eigenvalue weighted by molar-refractivity contribution is 0.0593. The molecule has 3 N–H and O–H groups in total. The molecule has 1 amide bonds. The number of aliphatic hydroxyl groups is 1. The van der Waals surface area contributed by atoms with Gasteiger partial charge >= 0.3 is 18.0 Å². The third kappa shape index (κ3) is 4.31. The maximum Gasteiger partial charge on any atom is 0.419 e. The number of carboxylic acid groups (broad SMARTS) is 2. The van der Waals surface area contributed by atoms with Crippen LogP contribution in [0.15, 0.2) is 42.5 Å². The summed E-state index contributed by atoms with van der Waals surface area (Å²) in [6.45, 7) is 4.75.